The number of alkyl carbamates (subject to hydrolysis) is 1. The number of para-hydroxylation sites is 1. The van der Waals surface area contributed by atoms with Gasteiger partial charge in [-0.3, -0.25) is 9.59 Å². The van der Waals surface area contributed by atoms with E-state index in [1.165, 1.54) is 0 Å². The van der Waals surface area contributed by atoms with Crippen molar-refractivity contribution < 1.29 is 19.1 Å². The molecular formula is C31H45N3O4. The number of hydrogen-bond donors (Lipinski definition) is 2. The van der Waals surface area contributed by atoms with Crippen molar-refractivity contribution in [2.24, 2.45) is 5.92 Å². The fourth-order valence-corrected chi connectivity index (χ4v) is 4.27. The Morgan fingerprint density at radius 2 is 1.68 bits per heavy atom. The number of nitrogens with zero attached hydrogens (tertiary/aromatic N) is 1. The van der Waals surface area contributed by atoms with Gasteiger partial charge in [0.15, 0.2) is 0 Å². The summed E-state index contributed by atoms with van der Waals surface area (Å²) in [6, 6.07) is 13.5. The van der Waals surface area contributed by atoms with Crippen LogP contribution in [0.3, 0.4) is 0 Å². The first-order valence-electron chi connectivity index (χ1n) is 13.6. The molecule has 0 aliphatic carbocycles. The summed E-state index contributed by atoms with van der Waals surface area (Å²) in [5, 5.41) is 5.84. The van der Waals surface area contributed by atoms with Crippen molar-refractivity contribution in [3.63, 3.8) is 0 Å². The van der Waals surface area contributed by atoms with E-state index in [-0.39, 0.29) is 17.7 Å². The molecular weight excluding hydrogens is 478 g/mol. The van der Waals surface area contributed by atoms with Gasteiger partial charge in [0, 0.05) is 12.2 Å². The molecule has 2 N–H and O–H groups in total. The fraction of sp³-hybridized carbons (Fsp3) is 0.516. The monoisotopic (exact) mass is 523 g/mol. The molecule has 208 valence electrons. The Morgan fingerprint density at radius 3 is 2.26 bits per heavy atom. The van der Waals surface area contributed by atoms with Gasteiger partial charge in [-0.05, 0) is 70.6 Å². The molecule has 0 fully saturated rings. The van der Waals surface area contributed by atoms with Crippen molar-refractivity contribution >= 4 is 23.6 Å². The molecule has 2 unspecified atom stereocenters. The average Bonchev–Trinajstić information content (AvgIpc) is 2.80. The zero-order valence-electron chi connectivity index (χ0n) is 24.3. The predicted octanol–water partition coefficient (Wildman–Crippen LogP) is 6.55. The van der Waals surface area contributed by atoms with Crippen LogP contribution in [0.2, 0.25) is 0 Å². The van der Waals surface area contributed by atoms with Crippen LogP contribution >= 0.6 is 0 Å². The molecule has 0 saturated carbocycles. The van der Waals surface area contributed by atoms with E-state index in [1.54, 1.807) is 25.7 Å². The molecule has 2 rings (SSSR count). The highest BCUT2D eigenvalue weighted by atomic mass is 16.6. The molecule has 0 bridgehead atoms. The van der Waals surface area contributed by atoms with Crippen molar-refractivity contribution in [3.05, 3.63) is 65.2 Å². The lowest BCUT2D eigenvalue weighted by Crippen LogP contribution is -2.53. The Hall–Kier alpha value is -3.35. The molecule has 3 amide bonds. The van der Waals surface area contributed by atoms with E-state index in [1.807, 2.05) is 83.1 Å². The Labute approximate surface area is 228 Å². The Kier molecular flexibility index (Phi) is 11.4. The molecule has 2 aromatic rings. The van der Waals surface area contributed by atoms with Crippen molar-refractivity contribution in [3.8, 4) is 0 Å². The number of benzene rings is 2. The van der Waals surface area contributed by atoms with Crippen LogP contribution in [0, 0.1) is 19.8 Å². The van der Waals surface area contributed by atoms with Gasteiger partial charge in [-0.2, -0.15) is 0 Å². The summed E-state index contributed by atoms with van der Waals surface area (Å²) in [4.78, 5) is 42.4. The van der Waals surface area contributed by atoms with E-state index in [0.29, 0.717) is 25.1 Å². The normalized spacial score (nSPS) is 13.0. The van der Waals surface area contributed by atoms with Gasteiger partial charge in [-0.25, -0.2) is 4.79 Å². The van der Waals surface area contributed by atoms with Gasteiger partial charge in [0.25, 0.3) is 5.91 Å². The molecule has 7 heteroatoms. The van der Waals surface area contributed by atoms with Gasteiger partial charge < -0.3 is 20.3 Å². The third kappa shape index (κ3) is 9.51. The Morgan fingerprint density at radius 1 is 1.00 bits per heavy atom. The van der Waals surface area contributed by atoms with Crippen LogP contribution in [0.4, 0.5) is 10.5 Å². The van der Waals surface area contributed by atoms with Gasteiger partial charge in [0.1, 0.15) is 17.7 Å². The summed E-state index contributed by atoms with van der Waals surface area (Å²) in [5.41, 5.74) is 2.64. The highest BCUT2D eigenvalue weighted by Gasteiger charge is 2.36. The zero-order valence-corrected chi connectivity index (χ0v) is 24.3. The summed E-state index contributed by atoms with van der Waals surface area (Å²) in [7, 11) is 0. The number of carbonyl (C=O) groups excluding carboxylic acids is 3. The third-order valence-electron chi connectivity index (χ3n) is 6.05. The SMILES string of the molecule is CCCCN(C(=O)C(CC(C)C)NC(=O)OC(C)(C)C)C(C(=O)Nc1ccccc1C)c1cccc(C)c1. The van der Waals surface area contributed by atoms with Crippen LogP contribution < -0.4 is 10.6 Å². The van der Waals surface area contributed by atoms with E-state index in [0.717, 1.165) is 23.1 Å². The molecule has 0 saturated heterocycles. The lowest BCUT2D eigenvalue weighted by molar-refractivity contribution is -0.141. The van der Waals surface area contributed by atoms with E-state index in [4.69, 9.17) is 4.74 Å². The first-order valence-corrected chi connectivity index (χ1v) is 13.6. The second-order valence-corrected chi connectivity index (χ2v) is 11.3. The molecule has 0 aliphatic rings. The lowest BCUT2D eigenvalue weighted by atomic mass is 9.98. The number of rotatable bonds is 11. The minimum Gasteiger partial charge on any atom is -0.444 e. The maximum Gasteiger partial charge on any atom is 0.408 e. The highest BCUT2D eigenvalue weighted by Crippen LogP contribution is 2.27. The Balaban J connectivity index is 2.53. The van der Waals surface area contributed by atoms with Crippen LogP contribution in [0.1, 0.15) is 83.5 Å². The number of nitrogens with one attached hydrogen (secondary N) is 2. The van der Waals surface area contributed by atoms with Crippen LogP contribution in [0.15, 0.2) is 48.5 Å². The average molecular weight is 524 g/mol. The minimum absolute atomic E-state index is 0.130. The number of ether oxygens (including phenoxy) is 1. The molecule has 0 spiro atoms. The number of carbonyl (C=O) groups is 3. The number of unbranched alkanes of at least 4 members (excludes halogenated alkanes) is 1. The second kappa shape index (κ2) is 14.0. The predicted molar refractivity (Wildman–Crippen MR) is 153 cm³/mol. The number of anilines is 1. The Bertz CT molecular complexity index is 1090. The van der Waals surface area contributed by atoms with Gasteiger partial charge >= 0.3 is 6.09 Å². The van der Waals surface area contributed by atoms with Crippen LogP contribution in [0.5, 0.6) is 0 Å². The van der Waals surface area contributed by atoms with E-state index < -0.39 is 23.8 Å². The third-order valence-corrected chi connectivity index (χ3v) is 6.05. The smallest absolute Gasteiger partial charge is 0.408 e. The second-order valence-electron chi connectivity index (χ2n) is 11.3. The van der Waals surface area contributed by atoms with Crippen molar-refractivity contribution in [2.75, 3.05) is 11.9 Å². The van der Waals surface area contributed by atoms with E-state index >= 15 is 0 Å². The van der Waals surface area contributed by atoms with Crippen molar-refractivity contribution in [1.29, 1.82) is 0 Å². The van der Waals surface area contributed by atoms with Crippen LogP contribution in [-0.2, 0) is 14.3 Å². The molecule has 38 heavy (non-hydrogen) atoms. The van der Waals surface area contributed by atoms with Gasteiger partial charge in [0.2, 0.25) is 5.91 Å². The number of hydrogen-bond acceptors (Lipinski definition) is 4. The largest absolute Gasteiger partial charge is 0.444 e. The fourth-order valence-electron chi connectivity index (χ4n) is 4.27. The molecule has 0 aliphatic heterocycles. The van der Waals surface area contributed by atoms with E-state index in [2.05, 4.69) is 10.6 Å². The van der Waals surface area contributed by atoms with Crippen molar-refractivity contribution in [1.82, 2.24) is 10.2 Å². The highest BCUT2D eigenvalue weighted by molar-refractivity contribution is 5.99. The lowest BCUT2D eigenvalue weighted by Gasteiger charge is -2.35. The minimum atomic E-state index is -0.872. The molecule has 2 aromatic carbocycles. The first kappa shape index (κ1) is 30.9. The standard InChI is InChI=1S/C31H45N3O4/c1-9-10-18-34(29(36)26(19-21(2)3)33-30(37)38-31(6,7)8)27(24-16-13-14-22(4)20-24)28(35)32-25-17-12-11-15-23(25)5/h11-17,20-21,26-27H,9-10,18-19H2,1-8H3,(H,32,35)(H,33,37). The van der Waals surface area contributed by atoms with Crippen molar-refractivity contribution in [2.45, 2.75) is 92.3 Å². The molecule has 7 nitrogen and oxygen atoms in total. The molecule has 2 atom stereocenters. The van der Waals surface area contributed by atoms with Crippen LogP contribution in [0.25, 0.3) is 0 Å². The molecule has 0 heterocycles. The summed E-state index contributed by atoms with van der Waals surface area (Å²) >= 11 is 0. The maximum absolute atomic E-state index is 14.2. The van der Waals surface area contributed by atoms with Gasteiger partial charge in [-0.15, -0.1) is 0 Å². The quantitative estimate of drug-likeness (QED) is 0.350. The summed E-state index contributed by atoms with van der Waals surface area (Å²) < 4.78 is 5.46. The van der Waals surface area contributed by atoms with Gasteiger partial charge in [0.05, 0.1) is 0 Å². The van der Waals surface area contributed by atoms with Crippen LogP contribution in [-0.4, -0.2) is 41.0 Å². The summed E-state index contributed by atoms with van der Waals surface area (Å²) in [6.45, 7) is 15.6. The summed E-state index contributed by atoms with van der Waals surface area (Å²) in [6.07, 6.45) is 1.33. The maximum atomic E-state index is 14.2. The number of aryl methyl sites for hydroxylation is 2. The zero-order chi connectivity index (χ0) is 28.5. The first-order chi connectivity index (χ1) is 17.8. The van der Waals surface area contributed by atoms with E-state index in [9.17, 15) is 14.4 Å². The van der Waals surface area contributed by atoms with Gasteiger partial charge in [-0.1, -0.05) is 75.2 Å². The molecule has 0 aromatic heterocycles. The summed E-state index contributed by atoms with van der Waals surface area (Å²) in [5.74, 6) is -0.468. The topological polar surface area (TPSA) is 87.7 Å². The number of amides is 3. The molecule has 0 radical (unpaired) electrons.